The Hall–Kier alpha value is -3.52. The number of pyridine rings is 1. The van der Waals surface area contributed by atoms with Gasteiger partial charge in [-0.2, -0.15) is 0 Å². The van der Waals surface area contributed by atoms with Crippen LogP contribution in [-0.4, -0.2) is 10.8 Å². The summed E-state index contributed by atoms with van der Waals surface area (Å²) in [4.78, 5) is 18.5. The molecule has 1 heterocycles. The summed E-state index contributed by atoms with van der Waals surface area (Å²) < 4.78 is 0. The summed E-state index contributed by atoms with van der Waals surface area (Å²) in [5.74, 6) is 0.0253. The van der Waals surface area contributed by atoms with Crippen LogP contribution in [0, 0.1) is 0 Å². The zero-order chi connectivity index (χ0) is 19.6. The number of nitrogens with zero attached hydrogens (tertiary/aromatic N) is 1. The van der Waals surface area contributed by atoms with Gasteiger partial charge < -0.3 is 0 Å². The van der Waals surface area contributed by atoms with Crippen LogP contribution in [0.5, 0.6) is 0 Å². The van der Waals surface area contributed by atoms with Gasteiger partial charge >= 0.3 is 0 Å². The molecule has 140 valence electrons. The molecule has 29 heavy (non-hydrogen) atoms. The van der Waals surface area contributed by atoms with Crippen molar-refractivity contribution in [3.8, 4) is 22.5 Å². The third-order valence-electron chi connectivity index (χ3n) is 5.59. The van der Waals surface area contributed by atoms with Crippen LogP contribution in [-0.2, 0) is 12.8 Å². The highest BCUT2D eigenvalue weighted by molar-refractivity contribution is 6.12. The smallest absolute Gasteiger partial charge is 0.195 e. The number of carbonyl (C=O) groups is 1. The van der Waals surface area contributed by atoms with Gasteiger partial charge in [-0.3, -0.25) is 4.79 Å². The molecule has 1 aliphatic carbocycles. The Balaban J connectivity index is 1.76. The highest BCUT2D eigenvalue weighted by atomic mass is 16.1. The Labute approximate surface area is 170 Å². The van der Waals surface area contributed by atoms with Crippen LogP contribution >= 0.6 is 0 Å². The van der Waals surface area contributed by atoms with E-state index < -0.39 is 0 Å². The Morgan fingerprint density at radius 2 is 1.34 bits per heavy atom. The summed E-state index contributed by atoms with van der Waals surface area (Å²) in [6.45, 7) is 0. The summed E-state index contributed by atoms with van der Waals surface area (Å²) in [6, 6.07) is 30.1. The maximum Gasteiger partial charge on any atom is 0.195 e. The molecule has 0 unspecified atom stereocenters. The molecule has 4 aromatic rings. The van der Waals surface area contributed by atoms with Crippen LogP contribution < -0.4 is 0 Å². The molecule has 0 saturated heterocycles. The number of fused-ring (bicyclic) bond motifs is 3. The van der Waals surface area contributed by atoms with E-state index in [1.165, 1.54) is 11.1 Å². The fourth-order valence-electron chi connectivity index (χ4n) is 4.15. The number of hydrogen-bond donors (Lipinski definition) is 0. The fraction of sp³-hybridized carbons (Fsp3) is 0.111. The maximum absolute atomic E-state index is 13.4. The largest absolute Gasteiger partial charge is 0.289 e. The molecule has 0 amide bonds. The second kappa shape index (κ2) is 7.48. The van der Waals surface area contributed by atoms with Crippen molar-refractivity contribution < 1.29 is 4.79 Å². The minimum atomic E-state index is 0.0253. The highest BCUT2D eigenvalue weighted by Gasteiger charge is 2.22. The van der Waals surface area contributed by atoms with E-state index >= 15 is 0 Å². The van der Waals surface area contributed by atoms with Crippen molar-refractivity contribution in [3.63, 3.8) is 0 Å². The van der Waals surface area contributed by atoms with Crippen molar-refractivity contribution >= 4 is 5.78 Å². The second-order valence-corrected chi connectivity index (χ2v) is 7.46. The molecule has 1 aliphatic rings. The van der Waals surface area contributed by atoms with Gasteiger partial charge in [-0.25, -0.2) is 4.98 Å². The van der Waals surface area contributed by atoms with Gasteiger partial charge in [-0.1, -0.05) is 84.9 Å². The predicted octanol–water partition coefficient (Wildman–Crippen LogP) is 6.14. The number of ketones is 1. The number of aromatic nitrogens is 1. The Morgan fingerprint density at radius 1 is 0.690 bits per heavy atom. The van der Waals surface area contributed by atoms with Gasteiger partial charge in [0.2, 0.25) is 0 Å². The van der Waals surface area contributed by atoms with Crippen LogP contribution in [0.1, 0.15) is 33.5 Å². The molecular formula is C27H21NO. The minimum absolute atomic E-state index is 0.0253. The molecule has 0 saturated carbocycles. The lowest BCUT2D eigenvalue weighted by Crippen LogP contribution is -2.08. The van der Waals surface area contributed by atoms with Crippen molar-refractivity contribution in [2.75, 3.05) is 0 Å². The van der Waals surface area contributed by atoms with Crippen molar-refractivity contribution in [1.82, 2.24) is 4.98 Å². The van der Waals surface area contributed by atoms with Crippen molar-refractivity contribution in [1.29, 1.82) is 0 Å². The minimum Gasteiger partial charge on any atom is -0.289 e. The standard InChI is InChI=1S/C27H21NO/c29-27(21-13-5-2-6-14-21)24-18-22-16-9-15-19-10-7-8-17-23(19)26(22)28-25(24)20-11-3-1-4-12-20/h1-8,10-14,17-18H,9,15-16H2. The molecule has 1 aromatic heterocycles. The molecule has 5 rings (SSSR count). The van der Waals surface area contributed by atoms with Crippen LogP contribution in [0.15, 0.2) is 91.0 Å². The van der Waals surface area contributed by atoms with Crippen LogP contribution in [0.3, 0.4) is 0 Å². The summed E-state index contributed by atoms with van der Waals surface area (Å²) in [6.07, 6.45) is 3.03. The van der Waals surface area contributed by atoms with Gasteiger partial charge in [-0.05, 0) is 36.5 Å². The molecule has 0 bridgehead atoms. The predicted molar refractivity (Wildman–Crippen MR) is 117 cm³/mol. The number of carbonyl (C=O) groups excluding carboxylic acids is 1. The third kappa shape index (κ3) is 3.27. The van der Waals surface area contributed by atoms with Crippen LogP contribution in [0.4, 0.5) is 0 Å². The maximum atomic E-state index is 13.4. The molecule has 0 radical (unpaired) electrons. The SMILES string of the molecule is O=C(c1ccccc1)c1cc2c(nc1-c1ccccc1)-c1ccccc1CCC2. The normalized spacial score (nSPS) is 12.6. The molecule has 3 aromatic carbocycles. The quantitative estimate of drug-likeness (QED) is 0.403. The Kier molecular flexibility index (Phi) is 4.53. The van der Waals surface area contributed by atoms with Crippen molar-refractivity contribution in [2.45, 2.75) is 19.3 Å². The molecule has 0 atom stereocenters. The summed E-state index contributed by atoms with van der Waals surface area (Å²) in [5.41, 5.74) is 7.80. The summed E-state index contributed by atoms with van der Waals surface area (Å²) in [7, 11) is 0. The van der Waals surface area contributed by atoms with Crippen LogP contribution in [0.25, 0.3) is 22.5 Å². The lowest BCUT2D eigenvalue weighted by Gasteiger charge is -2.15. The molecule has 0 N–H and O–H groups in total. The number of benzene rings is 3. The first kappa shape index (κ1) is 17.6. The number of hydrogen-bond acceptors (Lipinski definition) is 2. The summed E-state index contributed by atoms with van der Waals surface area (Å²) >= 11 is 0. The molecular weight excluding hydrogens is 354 g/mol. The second-order valence-electron chi connectivity index (χ2n) is 7.46. The summed E-state index contributed by atoms with van der Waals surface area (Å²) in [5, 5.41) is 0. The number of aryl methyl sites for hydroxylation is 2. The molecule has 0 aliphatic heterocycles. The lowest BCUT2D eigenvalue weighted by atomic mass is 9.93. The first-order valence-electron chi connectivity index (χ1n) is 10.1. The van der Waals surface area contributed by atoms with Gasteiger partial charge in [0.25, 0.3) is 0 Å². The highest BCUT2D eigenvalue weighted by Crippen LogP contribution is 2.35. The first-order valence-corrected chi connectivity index (χ1v) is 10.1. The van der Waals surface area contributed by atoms with Crippen LogP contribution in [0.2, 0.25) is 0 Å². The third-order valence-corrected chi connectivity index (χ3v) is 5.59. The van der Waals surface area contributed by atoms with E-state index in [1.54, 1.807) is 0 Å². The Bertz CT molecular complexity index is 1180. The lowest BCUT2D eigenvalue weighted by molar-refractivity contribution is 0.103. The molecule has 0 fully saturated rings. The van der Waals surface area contributed by atoms with E-state index in [1.807, 2.05) is 60.7 Å². The molecule has 2 nitrogen and oxygen atoms in total. The number of rotatable bonds is 3. The van der Waals surface area contributed by atoms with Crippen molar-refractivity contribution in [2.24, 2.45) is 0 Å². The van der Waals surface area contributed by atoms with E-state index in [4.69, 9.17) is 4.98 Å². The fourth-order valence-corrected chi connectivity index (χ4v) is 4.15. The monoisotopic (exact) mass is 375 g/mol. The van der Waals surface area contributed by atoms with E-state index in [-0.39, 0.29) is 5.78 Å². The van der Waals surface area contributed by atoms with Gasteiger partial charge in [0, 0.05) is 22.3 Å². The van der Waals surface area contributed by atoms with Gasteiger partial charge in [-0.15, -0.1) is 0 Å². The topological polar surface area (TPSA) is 30.0 Å². The average Bonchev–Trinajstić information content (AvgIpc) is 2.98. The van der Waals surface area contributed by atoms with E-state index in [0.29, 0.717) is 11.1 Å². The van der Waals surface area contributed by atoms with Crippen molar-refractivity contribution in [3.05, 3.63) is 113 Å². The van der Waals surface area contributed by atoms with E-state index in [2.05, 4.69) is 30.3 Å². The van der Waals surface area contributed by atoms with E-state index in [0.717, 1.165) is 41.8 Å². The molecule has 2 heteroatoms. The zero-order valence-corrected chi connectivity index (χ0v) is 16.1. The van der Waals surface area contributed by atoms with Gasteiger partial charge in [0.15, 0.2) is 5.78 Å². The van der Waals surface area contributed by atoms with Gasteiger partial charge in [0.1, 0.15) is 0 Å². The van der Waals surface area contributed by atoms with E-state index in [9.17, 15) is 4.79 Å². The molecule has 0 spiro atoms. The van der Waals surface area contributed by atoms with Gasteiger partial charge in [0.05, 0.1) is 11.4 Å². The first-order chi connectivity index (χ1) is 14.3. The average molecular weight is 375 g/mol. The zero-order valence-electron chi connectivity index (χ0n) is 16.1. The Morgan fingerprint density at radius 3 is 2.14 bits per heavy atom.